The van der Waals surface area contributed by atoms with E-state index in [2.05, 4.69) is 15.3 Å². The van der Waals surface area contributed by atoms with Gasteiger partial charge in [-0.15, -0.1) is 0 Å². The molecule has 1 N–H and O–H groups in total. The van der Waals surface area contributed by atoms with Gasteiger partial charge in [0.05, 0.1) is 13.3 Å². The molecule has 0 fully saturated rings. The van der Waals surface area contributed by atoms with Crippen LogP contribution in [0.2, 0.25) is 0 Å². The Balaban J connectivity index is 2.08. The molecule has 0 spiro atoms. The number of nitrogens with one attached hydrogen (secondary N) is 1. The van der Waals surface area contributed by atoms with Crippen LogP contribution in [0.3, 0.4) is 0 Å². The minimum Gasteiger partial charge on any atom is -0.496 e. The Morgan fingerprint density at radius 3 is 2.70 bits per heavy atom. The molecule has 0 aliphatic heterocycles. The van der Waals surface area contributed by atoms with E-state index in [4.69, 9.17) is 4.74 Å². The number of carbonyl (C=O) groups is 1. The molecule has 20 heavy (non-hydrogen) atoms. The zero-order chi connectivity index (χ0) is 14.5. The molecule has 0 saturated carbocycles. The van der Waals surface area contributed by atoms with Gasteiger partial charge in [0.2, 0.25) is 0 Å². The highest BCUT2D eigenvalue weighted by Crippen LogP contribution is 2.23. The summed E-state index contributed by atoms with van der Waals surface area (Å²) >= 11 is 0. The first-order valence-corrected chi connectivity index (χ1v) is 6.30. The topological polar surface area (TPSA) is 64.1 Å². The fraction of sp³-hybridized carbons (Fsp3) is 0.267. The fourth-order valence-electron chi connectivity index (χ4n) is 1.95. The fourth-order valence-corrected chi connectivity index (χ4v) is 1.95. The molecular formula is C15H17N3O2. The van der Waals surface area contributed by atoms with E-state index in [0.29, 0.717) is 12.2 Å². The lowest BCUT2D eigenvalue weighted by molar-refractivity contribution is 0.0945. The Bertz CT molecular complexity index is 612. The quantitative estimate of drug-likeness (QED) is 0.924. The van der Waals surface area contributed by atoms with Crippen molar-refractivity contribution in [3.8, 4) is 5.75 Å². The van der Waals surface area contributed by atoms with Gasteiger partial charge in [-0.2, -0.15) is 0 Å². The summed E-state index contributed by atoms with van der Waals surface area (Å²) in [4.78, 5) is 19.7. The zero-order valence-electron chi connectivity index (χ0n) is 11.8. The number of methoxy groups -OCH3 is 1. The smallest absolute Gasteiger partial charge is 0.271 e. The van der Waals surface area contributed by atoms with Crippen LogP contribution in [0.4, 0.5) is 0 Å². The van der Waals surface area contributed by atoms with Crippen LogP contribution < -0.4 is 10.1 Å². The number of aromatic nitrogens is 2. The highest BCUT2D eigenvalue weighted by atomic mass is 16.5. The van der Waals surface area contributed by atoms with Crippen molar-refractivity contribution in [2.75, 3.05) is 7.11 Å². The number of carbonyl (C=O) groups excluding carboxylic acids is 1. The molecule has 0 bridgehead atoms. The Hall–Kier alpha value is -2.43. The number of benzene rings is 1. The third kappa shape index (κ3) is 2.93. The van der Waals surface area contributed by atoms with Crippen LogP contribution in [-0.2, 0) is 6.54 Å². The first-order chi connectivity index (χ1) is 9.63. The maximum atomic E-state index is 11.9. The lowest BCUT2D eigenvalue weighted by atomic mass is 10.0. The molecule has 5 heteroatoms. The average Bonchev–Trinajstić information content (AvgIpc) is 2.49. The number of amides is 1. The highest BCUT2D eigenvalue weighted by molar-refractivity contribution is 5.91. The number of ether oxygens (including phenoxy) is 1. The SMILES string of the molecule is COc1ccc(CNC(=O)c2cnccn2)c(C)c1C. The van der Waals surface area contributed by atoms with Gasteiger partial charge in [-0.05, 0) is 36.6 Å². The third-order valence-electron chi connectivity index (χ3n) is 3.30. The standard InChI is InChI=1S/C15H17N3O2/c1-10-11(2)14(20-3)5-4-12(10)8-18-15(19)13-9-16-6-7-17-13/h4-7,9H,8H2,1-3H3,(H,18,19). The molecule has 0 aliphatic carbocycles. The van der Waals surface area contributed by atoms with Crippen molar-refractivity contribution in [3.05, 3.63) is 53.1 Å². The van der Waals surface area contributed by atoms with Crippen LogP contribution in [0, 0.1) is 13.8 Å². The van der Waals surface area contributed by atoms with Crippen LogP contribution in [0.5, 0.6) is 5.75 Å². The van der Waals surface area contributed by atoms with Crippen LogP contribution in [-0.4, -0.2) is 23.0 Å². The zero-order valence-corrected chi connectivity index (χ0v) is 11.8. The predicted octanol–water partition coefficient (Wildman–Crippen LogP) is 2.03. The van der Waals surface area contributed by atoms with E-state index in [1.54, 1.807) is 7.11 Å². The minimum absolute atomic E-state index is 0.231. The summed E-state index contributed by atoms with van der Waals surface area (Å²) in [5.74, 6) is 0.623. The summed E-state index contributed by atoms with van der Waals surface area (Å²) in [6, 6.07) is 3.87. The predicted molar refractivity (Wildman–Crippen MR) is 75.7 cm³/mol. The number of hydrogen-bond acceptors (Lipinski definition) is 4. The molecule has 0 radical (unpaired) electrons. The second kappa shape index (κ2) is 6.14. The van der Waals surface area contributed by atoms with Gasteiger partial charge in [0.25, 0.3) is 5.91 Å². The van der Waals surface area contributed by atoms with E-state index >= 15 is 0 Å². The summed E-state index contributed by atoms with van der Waals surface area (Å²) in [6.45, 7) is 4.47. The maximum Gasteiger partial charge on any atom is 0.271 e. The molecule has 0 saturated heterocycles. The first kappa shape index (κ1) is 14.0. The minimum atomic E-state index is -0.231. The molecule has 5 nitrogen and oxygen atoms in total. The molecule has 1 amide bonds. The summed E-state index contributed by atoms with van der Waals surface area (Å²) in [7, 11) is 1.65. The van der Waals surface area contributed by atoms with E-state index in [0.717, 1.165) is 22.4 Å². The Morgan fingerprint density at radius 1 is 1.25 bits per heavy atom. The van der Waals surface area contributed by atoms with Crippen LogP contribution in [0.15, 0.2) is 30.7 Å². The lowest BCUT2D eigenvalue weighted by Gasteiger charge is -2.13. The Kier molecular flexibility index (Phi) is 4.30. The molecule has 1 aromatic carbocycles. The second-order valence-electron chi connectivity index (χ2n) is 4.45. The summed E-state index contributed by atoms with van der Waals surface area (Å²) in [5, 5.41) is 2.84. The summed E-state index contributed by atoms with van der Waals surface area (Å²) in [6.07, 6.45) is 4.48. The van der Waals surface area contributed by atoms with Gasteiger partial charge in [0, 0.05) is 18.9 Å². The van der Waals surface area contributed by atoms with E-state index in [1.165, 1.54) is 18.6 Å². The lowest BCUT2D eigenvalue weighted by Crippen LogP contribution is -2.24. The van der Waals surface area contributed by atoms with Gasteiger partial charge < -0.3 is 10.1 Å². The van der Waals surface area contributed by atoms with E-state index in [-0.39, 0.29) is 5.91 Å². The average molecular weight is 271 g/mol. The molecule has 2 aromatic rings. The normalized spacial score (nSPS) is 10.2. The van der Waals surface area contributed by atoms with Gasteiger partial charge >= 0.3 is 0 Å². The van der Waals surface area contributed by atoms with Gasteiger partial charge in [-0.3, -0.25) is 9.78 Å². The number of nitrogens with zero attached hydrogens (tertiary/aromatic N) is 2. The monoisotopic (exact) mass is 271 g/mol. The second-order valence-corrected chi connectivity index (χ2v) is 4.45. The third-order valence-corrected chi connectivity index (χ3v) is 3.30. The van der Waals surface area contributed by atoms with Gasteiger partial charge in [-0.25, -0.2) is 4.98 Å². The molecule has 0 unspecified atom stereocenters. The summed E-state index contributed by atoms with van der Waals surface area (Å²) in [5.41, 5.74) is 3.57. The van der Waals surface area contributed by atoms with Crippen LogP contribution in [0.1, 0.15) is 27.2 Å². The van der Waals surface area contributed by atoms with Crippen molar-refractivity contribution >= 4 is 5.91 Å². The largest absolute Gasteiger partial charge is 0.496 e. The number of rotatable bonds is 4. The van der Waals surface area contributed by atoms with Crippen molar-refractivity contribution < 1.29 is 9.53 Å². The maximum absolute atomic E-state index is 11.9. The first-order valence-electron chi connectivity index (χ1n) is 6.30. The van der Waals surface area contributed by atoms with Crippen molar-refractivity contribution in [3.63, 3.8) is 0 Å². The van der Waals surface area contributed by atoms with Crippen LogP contribution >= 0.6 is 0 Å². The Labute approximate surface area is 118 Å². The van der Waals surface area contributed by atoms with E-state index < -0.39 is 0 Å². The van der Waals surface area contributed by atoms with Crippen LogP contribution in [0.25, 0.3) is 0 Å². The Morgan fingerprint density at radius 2 is 2.05 bits per heavy atom. The highest BCUT2D eigenvalue weighted by Gasteiger charge is 2.10. The molecule has 1 heterocycles. The molecule has 0 atom stereocenters. The molecule has 2 rings (SSSR count). The van der Waals surface area contributed by atoms with E-state index in [1.807, 2.05) is 26.0 Å². The molecule has 0 aliphatic rings. The van der Waals surface area contributed by atoms with Gasteiger partial charge in [0.1, 0.15) is 11.4 Å². The van der Waals surface area contributed by atoms with Gasteiger partial charge in [0.15, 0.2) is 0 Å². The van der Waals surface area contributed by atoms with Crippen molar-refractivity contribution in [2.24, 2.45) is 0 Å². The van der Waals surface area contributed by atoms with Crippen molar-refractivity contribution in [1.82, 2.24) is 15.3 Å². The number of hydrogen-bond donors (Lipinski definition) is 1. The summed E-state index contributed by atoms with van der Waals surface area (Å²) < 4.78 is 5.27. The molecule has 1 aromatic heterocycles. The molecule has 104 valence electrons. The van der Waals surface area contributed by atoms with E-state index in [9.17, 15) is 4.79 Å². The van der Waals surface area contributed by atoms with Crippen molar-refractivity contribution in [1.29, 1.82) is 0 Å². The molecular weight excluding hydrogens is 254 g/mol. The van der Waals surface area contributed by atoms with Gasteiger partial charge in [-0.1, -0.05) is 6.07 Å². The van der Waals surface area contributed by atoms with Crippen molar-refractivity contribution in [2.45, 2.75) is 20.4 Å².